The Labute approximate surface area is 304 Å². The molecule has 0 fully saturated rings. The number of aromatic nitrogens is 5. The number of rotatable bonds is 4. The lowest BCUT2D eigenvalue weighted by atomic mass is 9.97. The first kappa shape index (κ1) is 29.5. The molecule has 53 heavy (non-hydrogen) atoms. The van der Waals surface area contributed by atoms with E-state index in [9.17, 15) is 0 Å². The summed E-state index contributed by atoms with van der Waals surface area (Å²) in [7, 11) is 0. The van der Waals surface area contributed by atoms with Crippen molar-refractivity contribution in [3.63, 3.8) is 0 Å². The number of hydrogen-bond donors (Lipinski definition) is 0. The fraction of sp³-hybridized carbons (Fsp3) is 0. The van der Waals surface area contributed by atoms with Crippen LogP contribution in [0.1, 0.15) is 0 Å². The molecule has 0 aliphatic heterocycles. The molecule has 0 amide bonds. The number of para-hydroxylation sites is 2. The zero-order valence-corrected chi connectivity index (χ0v) is 28.5. The van der Waals surface area contributed by atoms with Crippen LogP contribution in [0.5, 0.6) is 0 Å². The van der Waals surface area contributed by atoms with Gasteiger partial charge in [0.25, 0.3) is 0 Å². The van der Waals surface area contributed by atoms with Gasteiger partial charge in [-0.2, -0.15) is 0 Å². The molecular weight excluding hydrogens is 647 g/mol. The van der Waals surface area contributed by atoms with Crippen molar-refractivity contribution in [2.24, 2.45) is 0 Å². The van der Waals surface area contributed by atoms with Crippen LogP contribution >= 0.6 is 0 Å². The smallest absolute Gasteiger partial charge is 0.160 e. The van der Waals surface area contributed by atoms with Crippen LogP contribution in [0.15, 0.2) is 176 Å². The molecule has 0 N–H and O–H groups in total. The summed E-state index contributed by atoms with van der Waals surface area (Å²) in [5.74, 6) is 0.706. The van der Waals surface area contributed by atoms with E-state index >= 15 is 0 Å². The van der Waals surface area contributed by atoms with E-state index in [2.05, 4.69) is 150 Å². The first-order chi connectivity index (χ1) is 26.3. The maximum atomic E-state index is 5.14. The molecule has 0 spiro atoms. The molecule has 5 heteroatoms. The van der Waals surface area contributed by atoms with Gasteiger partial charge in [0.15, 0.2) is 5.82 Å². The van der Waals surface area contributed by atoms with Gasteiger partial charge in [-0.1, -0.05) is 121 Å². The third-order valence-corrected chi connectivity index (χ3v) is 10.4. The zero-order valence-electron chi connectivity index (χ0n) is 28.5. The summed E-state index contributed by atoms with van der Waals surface area (Å²) >= 11 is 0. The molecule has 246 valence electrons. The Morgan fingerprint density at radius 2 is 1.00 bits per heavy atom. The summed E-state index contributed by atoms with van der Waals surface area (Å²) < 4.78 is 2.38. The lowest BCUT2D eigenvalue weighted by Gasteiger charge is -2.13. The summed E-state index contributed by atoms with van der Waals surface area (Å²) in [4.78, 5) is 19.8. The van der Waals surface area contributed by atoms with Crippen molar-refractivity contribution in [3.8, 4) is 39.5 Å². The second-order valence-electron chi connectivity index (χ2n) is 13.5. The van der Waals surface area contributed by atoms with Gasteiger partial charge in [0, 0.05) is 56.1 Å². The van der Waals surface area contributed by atoms with Crippen molar-refractivity contribution in [1.82, 2.24) is 24.5 Å². The van der Waals surface area contributed by atoms with Gasteiger partial charge in [0.05, 0.1) is 33.3 Å². The van der Waals surface area contributed by atoms with Crippen LogP contribution in [0.2, 0.25) is 0 Å². The fourth-order valence-electron chi connectivity index (χ4n) is 8.05. The van der Waals surface area contributed by atoms with Gasteiger partial charge in [0.2, 0.25) is 0 Å². The van der Waals surface area contributed by atoms with Crippen molar-refractivity contribution >= 4 is 65.3 Å². The van der Waals surface area contributed by atoms with E-state index < -0.39 is 0 Å². The van der Waals surface area contributed by atoms with Crippen LogP contribution in [0.25, 0.3) is 105 Å². The Balaban J connectivity index is 1.10. The SMILES string of the molecule is c1ccc(-c2nc(-c3cccc(-c4cccc(-n5c6ccccc6c6cc7c8ccccc8c8nccnc8c7cc65)c4)c3)nc3ccccc23)cc1. The van der Waals surface area contributed by atoms with Crippen molar-refractivity contribution in [1.29, 1.82) is 0 Å². The van der Waals surface area contributed by atoms with E-state index in [1.165, 1.54) is 21.5 Å². The molecular formula is C48H29N5. The number of hydrogen-bond acceptors (Lipinski definition) is 4. The fourth-order valence-corrected chi connectivity index (χ4v) is 8.05. The van der Waals surface area contributed by atoms with Crippen LogP contribution in [0, 0.1) is 0 Å². The Kier molecular flexibility index (Phi) is 6.48. The van der Waals surface area contributed by atoms with Gasteiger partial charge in [-0.25, -0.2) is 9.97 Å². The van der Waals surface area contributed by atoms with E-state index in [0.29, 0.717) is 5.82 Å². The molecule has 3 heterocycles. The molecule has 0 unspecified atom stereocenters. The van der Waals surface area contributed by atoms with E-state index in [0.717, 1.165) is 77.4 Å². The average Bonchev–Trinajstić information content (AvgIpc) is 3.56. The van der Waals surface area contributed by atoms with E-state index in [1.807, 2.05) is 18.2 Å². The third-order valence-electron chi connectivity index (χ3n) is 10.4. The van der Waals surface area contributed by atoms with E-state index in [4.69, 9.17) is 19.9 Å². The number of benzene rings is 8. The monoisotopic (exact) mass is 675 g/mol. The minimum atomic E-state index is 0.706. The lowest BCUT2D eigenvalue weighted by molar-refractivity contribution is 1.18. The van der Waals surface area contributed by atoms with Crippen molar-refractivity contribution < 1.29 is 0 Å². The number of nitrogens with zero attached hydrogens (tertiary/aromatic N) is 5. The quantitative estimate of drug-likeness (QED) is 0.174. The highest BCUT2D eigenvalue weighted by Gasteiger charge is 2.18. The van der Waals surface area contributed by atoms with Gasteiger partial charge in [-0.3, -0.25) is 9.97 Å². The Morgan fingerprint density at radius 3 is 1.85 bits per heavy atom. The highest BCUT2D eigenvalue weighted by atomic mass is 15.0. The summed E-state index contributed by atoms with van der Waals surface area (Å²) in [6.45, 7) is 0. The highest BCUT2D eigenvalue weighted by molar-refractivity contribution is 6.27. The molecule has 11 aromatic rings. The first-order valence-corrected chi connectivity index (χ1v) is 17.8. The first-order valence-electron chi connectivity index (χ1n) is 17.8. The van der Waals surface area contributed by atoms with Gasteiger partial charge in [-0.05, 0) is 64.4 Å². The molecule has 8 aromatic carbocycles. The van der Waals surface area contributed by atoms with Crippen LogP contribution in [-0.4, -0.2) is 24.5 Å². The average molecular weight is 676 g/mol. The molecule has 0 saturated heterocycles. The minimum absolute atomic E-state index is 0.706. The highest BCUT2D eigenvalue weighted by Crippen LogP contribution is 2.40. The molecule has 3 aromatic heterocycles. The normalized spacial score (nSPS) is 11.8. The summed E-state index contributed by atoms with van der Waals surface area (Å²) in [5.41, 5.74) is 11.3. The van der Waals surface area contributed by atoms with Gasteiger partial charge < -0.3 is 4.57 Å². The summed E-state index contributed by atoms with van der Waals surface area (Å²) in [5, 5.41) is 8.03. The van der Waals surface area contributed by atoms with Crippen LogP contribution < -0.4 is 0 Å². The van der Waals surface area contributed by atoms with E-state index in [-0.39, 0.29) is 0 Å². The maximum Gasteiger partial charge on any atom is 0.160 e. The predicted molar refractivity (Wildman–Crippen MR) is 218 cm³/mol. The summed E-state index contributed by atoms with van der Waals surface area (Å²) in [6.07, 6.45) is 3.57. The van der Waals surface area contributed by atoms with Crippen LogP contribution in [0.4, 0.5) is 0 Å². The Morgan fingerprint density at radius 1 is 0.358 bits per heavy atom. The van der Waals surface area contributed by atoms with Crippen molar-refractivity contribution in [3.05, 3.63) is 176 Å². The largest absolute Gasteiger partial charge is 0.309 e. The molecule has 11 rings (SSSR count). The standard InChI is InChI=1S/C48H29N5/c1-2-12-30(13-3-1)45-38-21-6-8-22-42(38)51-48(52-45)33-16-10-14-31(26-33)32-15-11-17-34(27-32)53-43-23-9-7-19-36(43)40-28-39-35-18-4-5-20-37(35)46-47(50-25-24-49-46)41(39)29-44(40)53/h1-29H. The lowest BCUT2D eigenvalue weighted by Crippen LogP contribution is -1.96. The second-order valence-corrected chi connectivity index (χ2v) is 13.5. The van der Waals surface area contributed by atoms with Gasteiger partial charge in [0.1, 0.15) is 0 Å². The zero-order chi connectivity index (χ0) is 34.9. The molecule has 0 aliphatic rings. The molecule has 0 saturated carbocycles. The Hall–Kier alpha value is -7.24. The minimum Gasteiger partial charge on any atom is -0.309 e. The van der Waals surface area contributed by atoms with E-state index in [1.54, 1.807) is 12.4 Å². The molecule has 0 radical (unpaired) electrons. The van der Waals surface area contributed by atoms with Crippen molar-refractivity contribution in [2.45, 2.75) is 0 Å². The number of fused-ring (bicyclic) bond motifs is 10. The molecule has 0 bridgehead atoms. The molecule has 5 nitrogen and oxygen atoms in total. The van der Waals surface area contributed by atoms with Crippen LogP contribution in [0.3, 0.4) is 0 Å². The maximum absolute atomic E-state index is 5.14. The predicted octanol–water partition coefficient (Wildman–Crippen LogP) is 12.0. The van der Waals surface area contributed by atoms with Gasteiger partial charge >= 0.3 is 0 Å². The topological polar surface area (TPSA) is 56.5 Å². The van der Waals surface area contributed by atoms with Crippen molar-refractivity contribution in [2.75, 3.05) is 0 Å². The third kappa shape index (κ3) is 4.64. The Bertz CT molecular complexity index is 3240. The van der Waals surface area contributed by atoms with Crippen LogP contribution in [-0.2, 0) is 0 Å². The molecule has 0 atom stereocenters. The molecule has 0 aliphatic carbocycles. The second kappa shape index (κ2) is 11.7. The summed E-state index contributed by atoms with van der Waals surface area (Å²) in [6, 6.07) is 57.8. The van der Waals surface area contributed by atoms with Gasteiger partial charge in [-0.15, -0.1) is 0 Å².